The predicted molar refractivity (Wildman–Crippen MR) is 133 cm³/mol. The topological polar surface area (TPSA) is 104 Å². The van der Waals surface area contributed by atoms with Crippen LogP contribution in [0.1, 0.15) is 89.4 Å². The van der Waals surface area contributed by atoms with Crippen LogP contribution in [0.5, 0.6) is 0 Å². The Morgan fingerprint density at radius 3 is 1.64 bits per heavy atom. The first-order valence-corrected chi connectivity index (χ1v) is 19.7. The van der Waals surface area contributed by atoms with Gasteiger partial charge in [0, 0.05) is 6.92 Å². The first-order chi connectivity index (χ1) is 15.7. The second-order valence-corrected chi connectivity index (χ2v) is 22.0. The summed E-state index contributed by atoms with van der Waals surface area (Å²) in [6, 6.07) is 8.09. The number of rotatable bonds is 12. The average Bonchev–Trinajstić information content (AvgIpc) is 3.10. The number of carbonyl (C=O) groups is 4. The summed E-state index contributed by atoms with van der Waals surface area (Å²) in [5.74, 6) is -1.90. The monoisotopic (exact) mass is 568 g/mol. The Bertz CT molecular complexity index is 753. The van der Waals surface area contributed by atoms with Crippen LogP contribution in [0.25, 0.3) is 0 Å². The fourth-order valence-corrected chi connectivity index (χ4v) is 20.1. The summed E-state index contributed by atoms with van der Waals surface area (Å²) in [6.07, 6.45) is 7.92. The first kappa shape index (κ1) is 29.1. The number of nitrogens with zero attached hydrogens (tertiary/aromatic N) is 1. The Hall–Kier alpha value is -1.90. The molecule has 0 atom stereocenters. The zero-order chi connectivity index (χ0) is 24.9. The molecule has 1 heterocycles. The van der Waals surface area contributed by atoms with E-state index in [1.807, 2.05) is 12.1 Å². The molecule has 184 valence electrons. The van der Waals surface area contributed by atoms with Crippen LogP contribution in [0.15, 0.2) is 24.3 Å². The third-order valence-electron chi connectivity index (χ3n) is 6.05. The molecule has 0 aliphatic carbocycles. The van der Waals surface area contributed by atoms with Gasteiger partial charge in [-0.05, 0) is 0 Å². The summed E-state index contributed by atoms with van der Waals surface area (Å²) < 4.78 is 5.66. The van der Waals surface area contributed by atoms with Crippen molar-refractivity contribution in [2.24, 2.45) is 0 Å². The number of carbonyl (C=O) groups excluding carboxylic acids is 3. The van der Waals surface area contributed by atoms with Crippen LogP contribution >= 0.6 is 0 Å². The molecule has 7 nitrogen and oxygen atoms in total. The van der Waals surface area contributed by atoms with E-state index in [1.54, 1.807) is 0 Å². The number of hydrogen-bond acceptors (Lipinski definition) is 4. The molecule has 8 heteroatoms. The molecule has 0 bridgehead atoms. The Morgan fingerprint density at radius 1 is 0.879 bits per heavy atom. The van der Waals surface area contributed by atoms with Gasteiger partial charge in [-0.15, -0.1) is 0 Å². The summed E-state index contributed by atoms with van der Waals surface area (Å²) in [5, 5.41) is 8.28. The van der Waals surface area contributed by atoms with Crippen LogP contribution in [-0.4, -0.2) is 52.2 Å². The van der Waals surface area contributed by atoms with Crippen LogP contribution < -0.4 is 9.01 Å². The fraction of sp³-hybridized carbons (Fsp3) is 0.600. The van der Waals surface area contributed by atoms with Crippen molar-refractivity contribution < 1.29 is 24.3 Å². The van der Waals surface area contributed by atoms with Gasteiger partial charge in [-0.25, -0.2) is 0 Å². The molecule has 1 aromatic rings. The normalized spacial score (nSPS) is 13.5. The molecule has 1 aliphatic rings. The maximum absolute atomic E-state index is 12.5. The van der Waals surface area contributed by atoms with Crippen LogP contribution in [0.4, 0.5) is 0 Å². The summed E-state index contributed by atoms with van der Waals surface area (Å²) in [7, 11) is 0. The summed E-state index contributed by atoms with van der Waals surface area (Å²) in [6.45, 7) is 7.89. The van der Waals surface area contributed by atoms with Crippen molar-refractivity contribution in [3.05, 3.63) is 29.8 Å². The maximum atomic E-state index is 12.5. The van der Waals surface area contributed by atoms with Gasteiger partial charge >= 0.3 is 180 Å². The minimum atomic E-state index is -2.50. The molecule has 2 N–H and O–H groups in total. The molecule has 1 fully saturated rings. The van der Waals surface area contributed by atoms with E-state index in [1.165, 1.54) is 55.4 Å². The van der Waals surface area contributed by atoms with Crippen molar-refractivity contribution >= 4 is 45.6 Å². The molecular weight excluding hydrogens is 527 g/mol. The van der Waals surface area contributed by atoms with Gasteiger partial charge in [0.05, 0.1) is 0 Å². The van der Waals surface area contributed by atoms with E-state index in [4.69, 9.17) is 9.90 Å². The van der Waals surface area contributed by atoms with Crippen molar-refractivity contribution in [3.63, 3.8) is 0 Å². The standard InChI is InChI=1S/C11H9N2O3.3C4H9.C2H4O2.Sn/c14-9-6-7-10(15)13(9)12-11(16)8-4-2-1-3-5-8;3*1-3-4-2;1-2(3)4;/h2-5H,6-7H2,(H,12,16);3*1,3-4H2,2H3;1H3,(H,3,4);. The third kappa shape index (κ3) is 9.47. The zero-order valence-corrected chi connectivity index (χ0v) is 23.5. The number of benzene rings is 1. The van der Waals surface area contributed by atoms with Gasteiger partial charge < -0.3 is 5.11 Å². The Morgan fingerprint density at radius 2 is 1.27 bits per heavy atom. The van der Waals surface area contributed by atoms with Gasteiger partial charge in [0.1, 0.15) is 0 Å². The molecule has 0 aromatic heterocycles. The summed E-state index contributed by atoms with van der Waals surface area (Å²) >= 11 is -2.50. The SMILES string of the molecule is CC(=O)O.CCC[CH2][Sn]([CH2]CCC)([CH2]CCC)[c]1ccc(C(=O)NN2C(=O)CCC2=O)cc1. The van der Waals surface area contributed by atoms with Crippen molar-refractivity contribution in [1.82, 2.24) is 10.4 Å². The molecule has 0 radical (unpaired) electrons. The molecule has 0 saturated carbocycles. The van der Waals surface area contributed by atoms with Gasteiger partial charge in [0.15, 0.2) is 0 Å². The molecule has 1 aromatic carbocycles. The van der Waals surface area contributed by atoms with Crippen LogP contribution in [0.3, 0.4) is 0 Å². The van der Waals surface area contributed by atoms with E-state index in [2.05, 4.69) is 38.3 Å². The fourth-order valence-electron chi connectivity index (χ4n) is 4.20. The van der Waals surface area contributed by atoms with E-state index in [-0.39, 0.29) is 24.7 Å². The van der Waals surface area contributed by atoms with Crippen molar-refractivity contribution in [1.29, 1.82) is 0 Å². The van der Waals surface area contributed by atoms with E-state index < -0.39 is 30.3 Å². The molecule has 1 aliphatic heterocycles. The molecule has 33 heavy (non-hydrogen) atoms. The molecule has 0 unspecified atom stereocenters. The summed E-state index contributed by atoms with van der Waals surface area (Å²) in [5.41, 5.74) is 2.97. The number of amides is 3. The van der Waals surface area contributed by atoms with E-state index in [0.29, 0.717) is 5.56 Å². The number of unbranched alkanes of at least 4 members (excludes halogenated alkanes) is 3. The Balaban J connectivity index is 0.00000125. The predicted octanol–water partition coefficient (Wildman–Crippen LogP) is 4.63. The molecule has 2 rings (SSSR count). The number of imide groups is 1. The molecule has 1 saturated heterocycles. The third-order valence-corrected chi connectivity index (χ3v) is 21.7. The number of hydrazine groups is 1. The Kier molecular flexibility index (Phi) is 13.3. The van der Waals surface area contributed by atoms with Crippen LogP contribution in [0.2, 0.25) is 13.3 Å². The van der Waals surface area contributed by atoms with E-state index in [9.17, 15) is 14.4 Å². The van der Waals surface area contributed by atoms with Crippen LogP contribution in [0, 0.1) is 0 Å². The second kappa shape index (κ2) is 15.1. The van der Waals surface area contributed by atoms with Gasteiger partial charge in [0.2, 0.25) is 0 Å². The van der Waals surface area contributed by atoms with Gasteiger partial charge in [-0.2, -0.15) is 0 Å². The number of carboxylic acid groups (broad SMARTS) is 1. The number of aliphatic carboxylic acids is 1. The minimum absolute atomic E-state index is 0.168. The van der Waals surface area contributed by atoms with E-state index in [0.717, 1.165) is 11.9 Å². The zero-order valence-electron chi connectivity index (χ0n) is 20.6. The Labute approximate surface area is 202 Å². The average molecular weight is 567 g/mol. The molecule has 0 spiro atoms. The first-order valence-electron chi connectivity index (χ1n) is 12.2. The van der Waals surface area contributed by atoms with Gasteiger partial charge in [0.25, 0.3) is 5.97 Å². The number of carboxylic acids is 1. The second-order valence-electron chi connectivity index (χ2n) is 8.75. The quantitative estimate of drug-likeness (QED) is 0.283. The van der Waals surface area contributed by atoms with Gasteiger partial charge in [-0.1, -0.05) is 0 Å². The van der Waals surface area contributed by atoms with Gasteiger partial charge in [-0.3, -0.25) is 4.79 Å². The number of nitrogens with one attached hydrogen (secondary N) is 1. The molecule has 3 amide bonds. The number of hydrogen-bond donors (Lipinski definition) is 2. The van der Waals surface area contributed by atoms with Crippen molar-refractivity contribution in [2.45, 2.75) is 92.4 Å². The molecular formula is C25H40N2O5Sn. The van der Waals surface area contributed by atoms with Crippen LogP contribution in [-0.2, 0) is 14.4 Å². The summed E-state index contributed by atoms with van der Waals surface area (Å²) in [4.78, 5) is 45.0. The van der Waals surface area contributed by atoms with Crippen molar-refractivity contribution in [2.75, 3.05) is 0 Å². The van der Waals surface area contributed by atoms with E-state index >= 15 is 0 Å². The van der Waals surface area contributed by atoms with Crippen molar-refractivity contribution in [3.8, 4) is 0 Å².